The summed E-state index contributed by atoms with van der Waals surface area (Å²) in [6.45, 7) is 0.576. The van der Waals surface area contributed by atoms with Crippen LogP contribution < -0.4 is 5.32 Å². The van der Waals surface area contributed by atoms with Gasteiger partial charge in [0.2, 0.25) is 0 Å². The fourth-order valence-corrected chi connectivity index (χ4v) is 0.745. The first-order valence-corrected chi connectivity index (χ1v) is 4.60. The third-order valence-corrected chi connectivity index (χ3v) is 1.48. The molecule has 0 aliphatic rings. The Morgan fingerprint density at radius 3 is 2.62 bits per heavy atom. The molecule has 1 N–H and O–H groups in total. The molecule has 0 atom stereocenters. The highest BCUT2D eigenvalue weighted by Gasteiger charge is 2.39. The number of carbonyl (C=O) groups excluding carboxylic acids is 1. The van der Waals surface area contributed by atoms with Crippen molar-refractivity contribution in [1.82, 2.24) is 5.32 Å². The third kappa shape index (κ3) is 6.39. The van der Waals surface area contributed by atoms with E-state index in [0.29, 0.717) is 0 Å². The molecule has 0 aromatic heterocycles. The SMILES string of the molecule is CCOC(=O)/C=C/CNCC(F)(F)C(F)F. The van der Waals surface area contributed by atoms with Crippen LogP contribution in [0.3, 0.4) is 0 Å². The Morgan fingerprint density at radius 1 is 1.50 bits per heavy atom. The Labute approximate surface area is 90.5 Å². The van der Waals surface area contributed by atoms with Crippen molar-refractivity contribution in [3.8, 4) is 0 Å². The minimum Gasteiger partial charge on any atom is -0.463 e. The molecule has 0 aliphatic heterocycles. The molecule has 0 aromatic rings. The Hall–Kier alpha value is -1.11. The third-order valence-electron chi connectivity index (χ3n) is 1.48. The van der Waals surface area contributed by atoms with Crippen molar-refractivity contribution in [2.24, 2.45) is 0 Å². The molecular weight excluding hydrogens is 230 g/mol. The summed E-state index contributed by atoms with van der Waals surface area (Å²) in [5.41, 5.74) is 0. The number of hydrogen-bond donors (Lipinski definition) is 1. The lowest BCUT2D eigenvalue weighted by Gasteiger charge is -2.14. The Bertz CT molecular complexity index is 244. The van der Waals surface area contributed by atoms with Crippen LogP contribution >= 0.6 is 0 Å². The number of hydrogen-bond acceptors (Lipinski definition) is 3. The van der Waals surface area contributed by atoms with Crippen molar-refractivity contribution >= 4 is 5.97 Å². The van der Waals surface area contributed by atoms with Crippen LogP contribution in [0.25, 0.3) is 0 Å². The maximum Gasteiger partial charge on any atom is 0.330 e. The molecule has 0 rings (SSSR count). The molecule has 0 amide bonds. The molecule has 0 spiro atoms. The lowest BCUT2D eigenvalue weighted by Crippen LogP contribution is -2.38. The summed E-state index contributed by atoms with van der Waals surface area (Å²) in [5.74, 6) is -4.66. The second-order valence-corrected chi connectivity index (χ2v) is 2.85. The van der Waals surface area contributed by atoms with Gasteiger partial charge in [-0.15, -0.1) is 0 Å². The van der Waals surface area contributed by atoms with Gasteiger partial charge in [-0.2, -0.15) is 8.78 Å². The lowest BCUT2D eigenvalue weighted by molar-refractivity contribution is -0.137. The highest BCUT2D eigenvalue weighted by atomic mass is 19.3. The zero-order chi connectivity index (χ0) is 12.6. The zero-order valence-corrected chi connectivity index (χ0v) is 8.68. The van der Waals surface area contributed by atoms with Crippen LogP contribution in [0.1, 0.15) is 6.92 Å². The number of ether oxygens (including phenoxy) is 1. The topological polar surface area (TPSA) is 38.3 Å². The molecule has 0 radical (unpaired) electrons. The number of rotatable bonds is 7. The van der Waals surface area contributed by atoms with Gasteiger partial charge in [0, 0.05) is 12.6 Å². The van der Waals surface area contributed by atoms with E-state index in [1.165, 1.54) is 6.08 Å². The Kier molecular flexibility index (Phi) is 6.71. The van der Waals surface area contributed by atoms with E-state index in [1.54, 1.807) is 6.92 Å². The number of halogens is 4. The number of carbonyl (C=O) groups is 1. The van der Waals surface area contributed by atoms with E-state index in [2.05, 4.69) is 10.1 Å². The van der Waals surface area contributed by atoms with Crippen LogP contribution in [0.5, 0.6) is 0 Å². The van der Waals surface area contributed by atoms with Gasteiger partial charge in [0.1, 0.15) is 0 Å². The lowest BCUT2D eigenvalue weighted by atomic mass is 10.3. The summed E-state index contributed by atoms with van der Waals surface area (Å²) in [6, 6.07) is 0. The van der Waals surface area contributed by atoms with Crippen LogP contribution in [0, 0.1) is 0 Å². The van der Waals surface area contributed by atoms with Gasteiger partial charge in [0.15, 0.2) is 0 Å². The first kappa shape index (κ1) is 14.9. The van der Waals surface area contributed by atoms with Gasteiger partial charge < -0.3 is 10.1 Å². The summed E-state index contributed by atoms with van der Waals surface area (Å²) in [7, 11) is 0. The Balaban J connectivity index is 3.72. The van der Waals surface area contributed by atoms with Crippen LogP contribution in [0.4, 0.5) is 17.6 Å². The fraction of sp³-hybridized carbons (Fsp3) is 0.667. The molecule has 0 bridgehead atoms. The predicted molar refractivity (Wildman–Crippen MR) is 49.6 cm³/mol. The van der Waals surface area contributed by atoms with Crippen molar-refractivity contribution in [2.75, 3.05) is 19.7 Å². The summed E-state index contributed by atoms with van der Waals surface area (Å²) in [4.78, 5) is 10.7. The number of nitrogens with one attached hydrogen (secondary N) is 1. The average molecular weight is 243 g/mol. The molecule has 7 heteroatoms. The van der Waals surface area contributed by atoms with E-state index < -0.39 is 24.9 Å². The second-order valence-electron chi connectivity index (χ2n) is 2.85. The van der Waals surface area contributed by atoms with Gasteiger partial charge in [0.25, 0.3) is 0 Å². The van der Waals surface area contributed by atoms with Crippen molar-refractivity contribution in [3.63, 3.8) is 0 Å². The molecule has 0 fully saturated rings. The van der Waals surface area contributed by atoms with E-state index in [1.807, 2.05) is 0 Å². The molecule has 16 heavy (non-hydrogen) atoms. The highest BCUT2D eigenvalue weighted by Crippen LogP contribution is 2.21. The molecule has 0 heterocycles. The van der Waals surface area contributed by atoms with E-state index in [4.69, 9.17) is 0 Å². The quantitative estimate of drug-likeness (QED) is 0.319. The smallest absolute Gasteiger partial charge is 0.330 e. The minimum absolute atomic E-state index is 0.110. The van der Waals surface area contributed by atoms with E-state index >= 15 is 0 Å². The second kappa shape index (κ2) is 7.21. The first-order valence-electron chi connectivity index (χ1n) is 4.60. The summed E-state index contributed by atoms with van der Waals surface area (Å²) < 4.78 is 52.5. The molecule has 0 unspecified atom stereocenters. The van der Waals surface area contributed by atoms with Crippen molar-refractivity contribution in [3.05, 3.63) is 12.2 Å². The predicted octanol–water partition coefficient (Wildman–Crippen LogP) is 1.60. The Morgan fingerprint density at radius 2 is 2.12 bits per heavy atom. The van der Waals surface area contributed by atoms with Crippen molar-refractivity contribution in [2.45, 2.75) is 19.3 Å². The van der Waals surface area contributed by atoms with Gasteiger partial charge in [-0.05, 0) is 6.92 Å². The molecular formula is C9H13F4NO2. The van der Waals surface area contributed by atoms with Gasteiger partial charge >= 0.3 is 18.3 Å². The minimum atomic E-state index is -4.06. The van der Waals surface area contributed by atoms with Gasteiger partial charge in [-0.25, -0.2) is 13.6 Å². The van der Waals surface area contributed by atoms with E-state index in [9.17, 15) is 22.4 Å². The van der Waals surface area contributed by atoms with Crippen molar-refractivity contribution < 1.29 is 27.1 Å². The highest BCUT2D eigenvalue weighted by molar-refractivity contribution is 5.81. The molecule has 0 aliphatic carbocycles. The van der Waals surface area contributed by atoms with Crippen LogP contribution in [-0.4, -0.2) is 38.0 Å². The van der Waals surface area contributed by atoms with Gasteiger partial charge in [-0.1, -0.05) is 6.08 Å². The number of esters is 1. The molecule has 0 saturated carbocycles. The van der Waals surface area contributed by atoms with E-state index in [0.717, 1.165) is 6.08 Å². The molecule has 3 nitrogen and oxygen atoms in total. The maximum atomic E-state index is 12.3. The standard InChI is InChI=1S/C9H13F4NO2/c1-2-16-7(15)4-3-5-14-6-9(12,13)8(10)11/h3-4,8,14H,2,5-6H2,1H3/b4-3+. The molecule has 0 aromatic carbocycles. The van der Waals surface area contributed by atoms with Gasteiger partial charge in [-0.3, -0.25) is 0 Å². The normalized spacial score (nSPS) is 12.4. The molecule has 94 valence electrons. The summed E-state index contributed by atoms with van der Waals surface area (Å²) >= 11 is 0. The van der Waals surface area contributed by atoms with Gasteiger partial charge in [0.05, 0.1) is 13.2 Å². The van der Waals surface area contributed by atoms with Crippen molar-refractivity contribution in [1.29, 1.82) is 0 Å². The molecule has 0 saturated heterocycles. The largest absolute Gasteiger partial charge is 0.463 e. The summed E-state index contributed by atoms with van der Waals surface area (Å²) in [6.07, 6.45) is -1.44. The average Bonchev–Trinajstić information content (AvgIpc) is 2.17. The van der Waals surface area contributed by atoms with Crippen LogP contribution in [0.15, 0.2) is 12.2 Å². The monoisotopic (exact) mass is 243 g/mol. The first-order chi connectivity index (χ1) is 7.40. The number of alkyl halides is 4. The van der Waals surface area contributed by atoms with E-state index in [-0.39, 0.29) is 13.2 Å². The van der Waals surface area contributed by atoms with Crippen LogP contribution in [-0.2, 0) is 9.53 Å². The fourth-order valence-electron chi connectivity index (χ4n) is 0.745. The maximum absolute atomic E-state index is 12.3. The summed E-state index contributed by atoms with van der Waals surface area (Å²) in [5, 5.41) is 2.08. The van der Waals surface area contributed by atoms with Crippen LogP contribution in [0.2, 0.25) is 0 Å². The zero-order valence-electron chi connectivity index (χ0n) is 8.68.